The minimum absolute atomic E-state index is 0.103. The molecule has 3 aliphatic heterocycles. The highest BCUT2D eigenvalue weighted by Crippen LogP contribution is 2.62. The quantitative estimate of drug-likeness (QED) is 0.515. The summed E-state index contributed by atoms with van der Waals surface area (Å²) in [5, 5.41) is 0. The van der Waals surface area contributed by atoms with Crippen LogP contribution in [0.2, 0.25) is 0 Å². The Balaban J connectivity index is 1.30. The van der Waals surface area contributed by atoms with Gasteiger partial charge < -0.3 is 19.3 Å². The van der Waals surface area contributed by atoms with E-state index in [9.17, 15) is 4.79 Å². The van der Waals surface area contributed by atoms with E-state index in [2.05, 4.69) is 13.8 Å². The van der Waals surface area contributed by atoms with Crippen molar-refractivity contribution < 1.29 is 24.1 Å². The zero-order valence-electron chi connectivity index (χ0n) is 16.5. The third-order valence-electron chi connectivity index (χ3n) is 8.75. The molecule has 5 fully saturated rings. The molecular weight excluding hydrogens is 328 g/mol. The number of carbonyl (C=O) groups is 1. The van der Waals surface area contributed by atoms with Gasteiger partial charge in [-0.05, 0) is 50.4 Å². The molecule has 2 N–H and O–H groups in total. The summed E-state index contributed by atoms with van der Waals surface area (Å²) >= 11 is 0. The highest BCUT2D eigenvalue weighted by molar-refractivity contribution is 5.75. The van der Waals surface area contributed by atoms with Crippen LogP contribution in [-0.4, -0.2) is 63.5 Å². The lowest BCUT2D eigenvalue weighted by atomic mass is 9.53. The second-order valence-electron chi connectivity index (χ2n) is 10.2. The molecule has 0 unspecified atom stereocenters. The summed E-state index contributed by atoms with van der Waals surface area (Å²) in [6, 6.07) is 0. The van der Waals surface area contributed by atoms with Crippen molar-refractivity contribution in [1.29, 1.82) is 0 Å². The van der Waals surface area contributed by atoms with Gasteiger partial charge >= 0.3 is 5.97 Å². The number of fused-ring (bicyclic) bond motifs is 3. The van der Waals surface area contributed by atoms with E-state index in [1.54, 1.807) is 9.80 Å². The monoisotopic (exact) mass is 364 g/mol. The van der Waals surface area contributed by atoms with Gasteiger partial charge in [0.2, 0.25) is 0 Å². The maximum absolute atomic E-state index is 12.7. The lowest BCUT2D eigenvalue weighted by Crippen LogP contribution is -3.28. The molecule has 0 aromatic heterocycles. The minimum Gasteiger partial charge on any atom is -0.462 e. The molecule has 2 saturated carbocycles. The fourth-order valence-electron chi connectivity index (χ4n) is 7.02. The van der Waals surface area contributed by atoms with Gasteiger partial charge in [-0.15, -0.1) is 0 Å². The average molecular weight is 365 g/mol. The molecular formula is C21H36N2O3+2. The Hall–Kier alpha value is -0.650. The van der Waals surface area contributed by atoms with Crippen LogP contribution in [0.3, 0.4) is 0 Å². The van der Waals surface area contributed by atoms with Gasteiger partial charge in [-0.25, -0.2) is 0 Å². The van der Waals surface area contributed by atoms with Crippen LogP contribution in [-0.2, 0) is 14.3 Å². The maximum Gasteiger partial charge on any atom is 0.315 e. The highest BCUT2D eigenvalue weighted by Gasteiger charge is 2.65. The van der Waals surface area contributed by atoms with E-state index in [-0.39, 0.29) is 23.6 Å². The Kier molecular flexibility index (Phi) is 4.15. The van der Waals surface area contributed by atoms with Gasteiger partial charge in [0.25, 0.3) is 0 Å². The fourth-order valence-corrected chi connectivity index (χ4v) is 7.02. The van der Waals surface area contributed by atoms with Crippen molar-refractivity contribution in [3.8, 4) is 0 Å². The molecule has 0 bridgehead atoms. The van der Waals surface area contributed by atoms with E-state index in [1.165, 1.54) is 52.0 Å². The van der Waals surface area contributed by atoms with Crippen molar-refractivity contribution in [3.63, 3.8) is 0 Å². The summed E-state index contributed by atoms with van der Waals surface area (Å²) in [7, 11) is 0. The van der Waals surface area contributed by atoms with Gasteiger partial charge in [-0.3, -0.25) is 4.79 Å². The van der Waals surface area contributed by atoms with Gasteiger partial charge in [0.15, 0.2) is 0 Å². The Bertz CT molecular complexity index is 570. The van der Waals surface area contributed by atoms with Crippen molar-refractivity contribution >= 4 is 5.97 Å². The highest BCUT2D eigenvalue weighted by atomic mass is 16.6. The van der Waals surface area contributed by atoms with E-state index in [4.69, 9.17) is 9.47 Å². The molecule has 0 radical (unpaired) electrons. The molecule has 6 atom stereocenters. The summed E-state index contributed by atoms with van der Waals surface area (Å²) in [5.41, 5.74) is 0.477. The van der Waals surface area contributed by atoms with E-state index >= 15 is 0 Å². The zero-order valence-corrected chi connectivity index (χ0v) is 16.5. The molecule has 5 nitrogen and oxygen atoms in total. The first kappa shape index (κ1) is 17.4. The number of carbonyl (C=O) groups excluding carboxylic acids is 1. The predicted molar refractivity (Wildman–Crippen MR) is 97.0 cm³/mol. The lowest BCUT2D eigenvalue weighted by Gasteiger charge is -2.51. The molecule has 1 spiro atoms. The molecule has 5 aliphatic rings. The van der Waals surface area contributed by atoms with Gasteiger partial charge in [0.1, 0.15) is 38.2 Å². The first-order valence-electron chi connectivity index (χ1n) is 11.0. The molecule has 0 aromatic carbocycles. The molecule has 3 saturated heterocycles. The number of likely N-dealkylation sites (N-methyl/N-ethyl adjacent to an activating group) is 1. The molecule has 3 heterocycles. The van der Waals surface area contributed by atoms with Crippen LogP contribution in [0.4, 0.5) is 0 Å². The first-order valence-corrected chi connectivity index (χ1v) is 11.0. The van der Waals surface area contributed by atoms with Crippen molar-refractivity contribution in [2.75, 3.05) is 45.9 Å². The number of quaternary nitrogens is 2. The molecule has 0 amide bonds. The Morgan fingerprint density at radius 3 is 2.58 bits per heavy atom. The Morgan fingerprint density at radius 2 is 1.88 bits per heavy atom. The Morgan fingerprint density at radius 1 is 1.15 bits per heavy atom. The van der Waals surface area contributed by atoms with Crippen molar-refractivity contribution in [2.45, 2.75) is 57.7 Å². The largest absolute Gasteiger partial charge is 0.462 e. The summed E-state index contributed by atoms with van der Waals surface area (Å²) in [4.78, 5) is 16.1. The van der Waals surface area contributed by atoms with Crippen LogP contribution < -0.4 is 9.80 Å². The zero-order chi connectivity index (χ0) is 17.9. The standard InChI is InChI=1S/C21H34N2O3/c1-3-22-7-9-23(10-8-22)13-16-15-11-18-20(2,12-17(15)26-19(16)24)5-4-6-21(18)14-25-21/h15-18H,3-14H2,1-2H3/p+2/t15-,16-,17-,18-,20-,21+/m1/s1. The number of hydrogen-bond donors (Lipinski definition) is 2. The second-order valence-corrected chi connectivity index (χ2v) is 10.2. The fraction of sp³-hybridized carbons (Fsp3) is 0.952. The number of hydrogen-bond acceptors (Lipinski definition) is 3. The molecule has 2 aliphatic carbocycles. The van der Waals surface area contributed by atoms with E-state index < -0.39 is 0 Å². The number of rotatable bonds is 3. The average Bonchev–Trinajstić information content (AvgIpc) is 3.33. The number of piperazine rings is 1. The van der Waals surface area contributed by atoms with Gasteiger partial charge in [0.05, 0.1) is 25.3 Å². The van der Waals surface area contributed by atoms with Crippen LogP contribution >= 0.6 is 0 Å². The topological polar surface area (TPSA) is 47.7 Å². The van der Waals surface area contributed by atoms with E-state index in [1.807, 2.05) is 0 Å². The number of nitrogens with one attached hydrogen (secondary N) is 2. The van der Waals surface area contributed by atoms with E-state index in [0.717, 1.165) is 26.0 Å². The molecule has 146 valence electrons. The summed E-state index contributed by atoms with van der Waals surface area (Å²) < 4.78 is 12.0. The van der Waals surface area contributed by atoms with Crippen LogP contribution in [0.5, 0.6) is 0 Å². The predicted octanol–water partition coefficient (Wildman–Crippen LogP) is -0.683. The number of epoxide rings is 1. The lowest BCUT2D eigenvalue weighted by molar-refractivity contribution is -1.01. The maximum atomic E-state index is 12.7. The van der Waals surface area contributed by atoms with Crippen LogP contribution in [0.25, 0.3) is 0 Å². The van der Waals surface area contributed by atoms with Crippen molar-refractivity contribution in [1.82, 2.24) is 0 Å². The number of esters is 1. The van der Waals surface area contributed by atoms with Gasteiger partial charge in [-0.1, -0.05) is 6.92 Å². The van der Waals surface area contributed by atoms with Crippen LogP contribution in [0.1, 0.15) is 46.0 Å². The summed E-state index contributed by atoms with van der Waals surface area (Å²) in [5.74, 6) is 1.30. The van der Waals surface area contributed by atoms with Crippen LogP contribution in [0.15, 0.2) is 0 Å². The van der Waals surface area contributed by atoms with Crippen molar-refractivity contribution in [3.05, 3.63) is 0 Å². The van der Waals surface area contributed by atoms with Crippen LogP contribution in [0, 0.1) is 23.2 Å². The molecule has 0 aromatic rings. The SMILES string of the molecule is CC[NH+]1CC[NH+](C[C@H]2C(=O)O[C@@H]3C[C@@]4(C)CCC[C@]5(CO5)[C@@H]4C[C@@H]32)CC1. The van der Waals surface area contributed by atoms with Crippen molar-refractivity contribution in [2.24, 2.45) is 23.2 Å². The second kappa shape index (κ2) is 6.18. The molecule has 5 rings (SSSR count). The normalized spacial score (nSPS) is 53.1. The molecule has 5 heteroatoms. The minimum atomic E-state index is 0.103. The third-order valence-corrected chi connectivity index (χ3v) is 8.75. The first-order chi connectivity index (χ1) is 12.5. The summed E-state index contributed by atoms with van der Waals surface area (Å²) in [6.07, 6.45) is 6.18. The summed E-state index contributed by atoms with van der Waals surface area (Å²) in [6.45, 7) is 12.8. The molecule has 26 heavy (non-hydrogen) atoms. The third kappa shape index (κ3) is 2.73. The smallest absolute Gasteiger partial charge is 0.315 e. The Labute approximate surface area is 157 Å². The van der Waals surface area contributed by atoms with Gasteiger partial charge in [0, 0.05) is 5.92 Å². The number of ether oxygens (including phenoxy) is 2. The van der Waals surface area contributed by atoms with E-state index in [0.29, 0.717) is 17.3 Å². The van der Waals surface area contributed by atoms with Gasteiger partial charge in [-0.2, -0.15) is 0 Å².